The van der Waals surface area contributed by atoms with Gasteiger partial charge >= 0.3 is 11.9 Å². The van der Waals surface area contributed by atoms with Gasteiger partial charge in [-0.3, -0.25) is 4.79 Å². The van der Waals surface area contributed by atoms with Crippen LogP contribution in [0, 0.1) is 17.3 Å². The van der Waals surface area contributed by atoms with Gasteiger partial charge in [0, 0.05) is 5.57 Å². The minimum Gasteiger partial charge on any atom is -0.481 e. The van der Waals surface area contributed by atoms with Crippen molar-refractivity contribution >= 4 is 11.9 Å². The molecular weight excluding hydrogens is 208 g/mol. The first kappa shape index (κ1) is 11.2. The number of aliphatic carboxylic acids is 1. The van der Waals surface area contributed by atoms with Gasteiger partial charge in [-0.1, -0.05) is 19.9 Å². The fraction of sp³-hybridized carbons (Fsp3) is 0.667. The molecule has 1 saturated carbocycles. The normalized spacial score (nSPS) is 34.6. The Morgan fingerprint density at radius 2 is 2.25 bits per heavy atom. The average molecular weight is 224 g/mol. The summed E-state index contributed by atoms with van der Waals surface area (Å²) in [5.41, 5.74) is 0.407. The van der Waals surface area contributed by atoms with Crippen molar-refractivity contribution in [3.05, 3.63) is 11.6 Å². The quantitative estimate of drug-likeness (QED) is 0.571. The molecule has 0 amide bonds. The topological polar surface area (TPSA) is 63.6 Å². The van der Waals surface area contributed by atoms with Crippen LogP contribution in [0.3, 0.4) is 0 Å². The molecule has 0 bridgehead atoms. The number of cyclic esters (lactones) is 1. The predicted molar refractivity (Wildman–Crippen MR) is 56.7 cm³/mol. The van der Waals surface area contributed by atoms with Crippen LogP contribution in [0.2, 0.25) is 0 Å². The van der Waals surface area contributed by atoms with Crippen LogP contribution in [-0.2, 0) is 14.3 Å². The first-order valence-corrected chi connectivity index (χ1v) is 5.55. The van der Waals surface area contributed by atoms with Crippen LogP contribution in [0.25, 0.3) is 0 Å². The van der Waals surface area contributed by atoms with E-state index in [1.165, 1.54) is 0 Å². The second-order valence-corrected chi connectivity index (χ2v) is 5.09. The van der Waals surface area contributed by atoms with E-state index in [4.69, 9.17) is 9.84 Å². The predicted octanol–water partition coefficient (Wildman–Crippen LogP) is 1.61. The summed E-state index contributed by atoms with van der Waals surface area (Å²) in [4.78, 5) is 22.4. The first-order chi connectivity index (χ1) is 7.44. The van der Waals surface area contributed by atoms with Gasteiger partial charge in [0.1, 0.15) is 0 Å². The van der Waals surface area contributed by atoms with Crippen molar-refractivity contribution in [1.29, 1.82) is 0 Å². The summed E-state index contributed by atoms with van der Waals surface area (Å²) < 4.78 is 4.93. The van der Waals surface area contributed by atoms with Crippen LogP contribution >= 0.6 is 0 Å². The monoisotopic (exact) mass is 224 g/mol. The summed E-state index contributed by atoms with van der Waals surface area (Å²) in [5.74, 6) is -1.46. The Labute approximate surface area is 94.3 Å². The Bertz CT molecular complexity index is 367. The van der Waals surface area contributed by atoms with Crippen LogP contribution in [0.1, 0.15) is 26.7 Å². The third-order valence-corrected chi connectivity index (χ3v) is 3.64. The van der Waals surface area contributed by atoms with Crippen molar-refractivity contribution in [2.75, 3.05) is 6.61 Å². The molecule has 2 aliphatic rings. The Morgan fingerprint density at radius 1 is 1.56 bits per heavy atom. The van der Waals surface area contributed by atoms with E-state index in [2.05, 4.69) is 0 Å². The number of rotatable bonds is 2. The maximum Gasteiger partial charge on any atom is 0.333 e. The van der Waals surface area contributed by atoms with E-state index in [1.54, 1.807) is 6.08 Å². The van der Waals surface area contributed by atoms with Crippen LogP contribution in [0.15, 0.2) is 11.6 Å². The maximum atomic E-state index is 11.4. The molecule has 1 heterocycles. The summed E-state index contributed by atoms with van der Waals surface area (Å²) in [7, 11) is 0. The van der Waals surface area contributed by atoms with Crippen molar-refractivity contribution in [2.45, 2.75) is 26.7 Å². The summed E-state index contributed by atoms with van der Waals surface area (Å²) in [6.07, 6.45) is 3.35. The second-order valence-electron chi connectivity index (χ2n) is 5.09. The third kappa shape index (κ3) is 1.72. The standard InChI is InChI=1S/C12H16O4/c1-12(2)8(9(12)10(13)14)6-7-4-3-5-16-11(7)15/h6,8-9H,3-5H2,1-2H3,(H,13,14)/t8-,9-/m0/s1. The fourth-order valence-electron chi connectivity index (χ4n) is 2.45. The molecule has 16 heavy (non-hydrogen) atoms. The van der Waals surface area contributed by atoms with Gasteiger partial charge in [0.25, 0.3) is 0 Å². The van der Waals surface area contributed by atoms with E-state index in [0.717, 1.165) is 6.42 Å². The zero-order valence-corrected chi connectivity index (χ0v) is 9.53. The van der Waals surface area contributed by atoms with E-state index in [0.29, 0.717) is 18.6 Å². The number of esters is 1. The number of allylic oxidation sites excluding steroid dienone is 1. The number of carbonyl (C=O) groups excluding carboxylic acids is 1. The highest BCUT2D eigenvalue weighted by Crippen LogP contribution is 2.59. The summed E-state index contributed by atoms with van der Waals surface area (Å²) in [6.45, 7) is 4.32. The van der Waals surface area contributed by atoms with E-state index in [9.17, 15) is 9.59 Å². The molecule has 1 N–H and O–H groups in total. The zero-order valence-electron chi connectivity index (χ0n) is 9.53. The summed E-state index contributed by atoms with van der Waals surface area (Å²) in [5, 5.41) is 9.01. The largest absolute Gasteiger partial charge is 0.481 e. The van der Waals surface area contributed by atoms with E-state index in [1.807, 2.05) is 13.8 Å². The molecule has 2 atom stereocenters. The molecule has 0 radical (unpaired) electrons. The van der Waals surface area contributed by atoms with Crippen molar-refractivity contribution in [1.82, 2.24) is 0 Å². The Balaban J connectivity index is 2.13. The Morgan fingerprint density at radius 3 is 2.75 bits per heavy atom. The van der Waals surface area contributed by atoms with E-state index < -0.39 is 5.97 Å². The maximum absolute atomic E-state index is 11.4. The zero-order chi connectivity index (χ0) is 11.9. The van der Waals surface area contributed by atoms with Crippen molar-refractivity contribution in [3.8, 4) is 0 Å². The van der Waals surface area contributed by atoms with Crippen molar-refractivity contribution in [3.63, 3.8) is 0 Å². The molecule has 0 aromatic carbocycles. The number of ether oxygens (including phenoxy) is 1. The highest BCUT2D eigenvalue weighted by molar-refractivity contribution is 5.89. The highest BCUT2D eigenvalue weighted by Gasteiger charge is 2.61. The number of carbonyl (C=O) groups is 2. The molecule has 4 nitrogen and oxygen atoms in total. The molecule has 2 rings (SSSR count). The second kappa shape index (κ2) is 3.61. The molecule has 2 fully saturated rings. The molecule has 1 saturated heterocycles. The number of hydrogen-bond donors (Lipinski definition) is 1. The molecule has 88 valence electrons. The molecule has 4 heteroatoms. The van der Waals surface area contributed by atoms with Gasteiger partial charge in [0.15, 0.2) is 0 Å². The third-order valence-electron chi connectivity index (χ3n) is 3.64. The minimum atomic E-state index is -0.781. The summed E-state index contributed by atoms with van der Waals surface area (Å²) >= 11 is 0. The van der Waals surface area contributed by atoms with Crippen molar-refractivity contribution < 1.29 is 19.4 Å². The number of carboxylic acids is 1. The lowest BCUT2D eigenvalue weighted by Crippen LogP contribution is -2.15. The number of carboxylic acid groups (broad SMARTS) is 1. The van der Waals surface area contributed by atoms with E-state index in [-0.39, 0.29) is 23.2 Å². The van der Waals surface area contributed by atoms with Gasteiger partial charge in [-0.2, -0.15) is 0 Å². The fourth-order valence-corrected chi connectivity index (χ4v) is 2.45. The van der Waals surface area contributed by atoms with Crippen LogP contribution in [-0.4, -0.2) is 23.7 Å². The lowest BCUT2D eigenvalue weighted by molar-refractivity contribution is -0.141. The van der Waals surface area contributed by atoms with Gasteiger partial charge in [0.05, 0.1) is 12.5 Å². The first-order valence-electron chi connectivity index (χ1n) is 5.55. The lowest BCUT2D eigenvalue weighted by atomic mass is 10.0. The smallest absolute Gasteiger partial charge is 0.333 e. The molecule has 1 aliphatic carbocycles. The SMILES string of the molecule is CC1(C)[C@H](C(=O)O)[C@@H]1C=C1CCCOC1=O. The van der Waals surface area contributed by atoms with Gasteiger partial charge in [-0.05, 0) is 24.2 Å². The average Bonchev–Trinajstić information content (AvgIpc) is 2.72. The molecule has 1 aliphatic heterocycles. The van der Waals surface area contributed by atoms with Gasteiger partial charge in [-0.15, -0.1) is 0 Å². The Kier molecular flexibility index (Phi) is 2.52. The molecule has 0 aromatic rings. The Hall–Kier alpha value is -1.32. The van der Waals surface area contributed by atoms with Crippen molar-refractivity contribution in [2.24, 2.45) is 17.3 Å². The minimum absolute atomic E-state index is 0.0364. The van der Waals surface area contributed by atoms with Gasteiger partial charge < -0.3 is 9.84 Å². The van der Waals surface area contributed by atoms with Crippen LogP contribution < -0.4 is 0 Å². The molecular formula is C12H16O4. The van der Waals surface area contributed by atoms with Gasteiger partial charge in [0.2, 0.25) is 0 Å². The van der Waals surface area contributed by atoms with Crippen LogP contribution in [0.5, 0.6) is 0 Å². The highest BCUT2D eigenvalue weighted by atomic mass is 16.5. The van der Waals surface area contributed by atoms with Crippen LogP contribution in [0.4, 0.5) is 0 Å². The van der Waals surface area contributed by atoms with Gasteiger partial charge in [-0.25, -0.2) is 4.79 Å². The lowest BCUT2D eigenvalue weighted by Gasteiger charge is -2.13. The number of hydrogen-bond acceptors (Lipinski definition) is 3. The summed E-state index contributed by atoms with van der Waals surface area (Å²) in [6, 6.07) is 0. The van der Waals surface area contributed by atoms with E-state index >= 15 is 0 Å². The molecule has 0 unspecified atom stereocenters. The molecule has 0 aromatic heterocycles. The molecule has 0 spiro atoms.